The van der Waals surface area contributed by atoms with Crippen molar-refractivity contribution in [1.29, 1.82) is 0 Å². The van der Waals surface area contributed by atoms with Gasteiger partial charge in [0, 0.05) is 12.6 Å². The summed E-state index contributed by atoms with van der Waals surface area (Å²) in [6.07, 6.45) is 0.0850. The van der Waals surface area contributed by atoms with Crippen LogP contribution in [0.25, 0.3) is 0 Å². The molecule has 1 amide bonds. The number of carbonyl (C=O) groups is 3. The molecule has 1 N–H and O–H groups in total. The van der Waals surface area contributed by atoms with Gasteiger partial charge in [-0.15, -0.1) is 0 Å². The molecule has 0 fully saturated rings. The molecule has 78 valence electrons. The van der Waals surface area contributed by atoms with Gasteiger partial charge in [0.2, 0.25) is 12.2 Å². The predicted octanol–water partition coefficient (Wildman–Crippen LogP) is 0.749. The van der Waals surface area contributed by atoms with Crippen LogP contribution < -0.4 is 10.1 Å². The minimum absolute atomic E-state index is 0.0850. The van der Waals surface area contributed by atoms with Crippen LogP contribution in [0.1, 0.15) is 6.92 Å². The number of ether oxygens (including phenoxy) is 1. The molecule has 0 radical (unpaired) electrons. The average molecular weight is 207 g/mol. The van der Waals surface area contributed by atoms with E-state index in [4.69, 9.17) is 0 Å². The normalized spacial score (nSPS) is 9.13. The molecule has 0 bridgehead atoms. The minimum Gasteiger partial charge on any atom is -0.421 e. The standard InChI is InChI=1S/C10H9NO4/c1-7(13)11-8-2-4-9(5-3-8)15-10(14)6-12/h2-6H,1H3,(H,11,13). The lowest BCUT2D eigenvalue weighted by Gasteiger charge is -2.03. The number of nitrogens with one attached hydrogen (secondary N) is 1. The van der Waals surface area contributed by atoms with Crippen molar-refractivity contribution in [3.8, 4) is 5.75 Å². The van der Waals surface area contributed by atoms with E-state index < -0.39 is 5.97 Å². The van der Waals surface area contributed by atoms with Crippen molar-refractivity contribution >= 4 is 23.9 Å². The lowest BCUT2D eigenvalue weighted by molar-refractivity contribution is -0.141. The molecule has 0 aliphatic rings. The first-order chi connectivity index (χ1) is 7.11. The van der Waals surface area contributed by atoms with Crippen LogP contribution in [0.15, 0.2) is 24.3 Å². The van der Waals surface area contributed by atoms with Gasteiger partial charge >= 0.3 is 5.97 Å². The monoisotopic (exact) mass is 207 g/mol. The zero-order chi connectivity index (χ0) is 11.3. The quantitative estimate of drug-likeness (QED) is 0.343. The molecule has 0 aliphatic carbocycles. The Morgan fingerprint density at radius 1 is 1.27 bits per heavy atom. The zero-order valence-electron chi connectivity index (χ0n) is 8.02. The van der Waals surface area contributed by atoms with Crippen molar-refractivity contribution in [3.05, 3.63) is 24.3 Å². The van der Waals surface area contributed by atoms with E-state index in [-0.39, 0.29) is 17.9 Å². The van der Waals surface area contributed by atoms with Crippen molar-refractivity contribution < 1.29 is 19.1 Å². The third-order valence-electron chi connectivity index (χ3n) is 1.49. The first kappa shape index (κ1) is 10.9. The molecule has 0 spiro atoms. The smallest absolute Gasteiger partial charge is 0.376 e. The molecule has 1 rings (SSSR count). The second-order valence-electron chi connectivity index (χ2n) is 2.74. The van der Waals surface area contributed by atoms with Crippen LogP contribution in [0.5, 0.6) is 5.75 Å². The maximum atomic E-state index is 10.7. The van der Waals surface area contributed by atoms with E-state index in [0.29, 0.717) is 5.69 Å². The third kappa shape index (κ3) is 3.60. The number of hydrogen-bond donors (Lipinski definition) is 1. The Kier molecular flexibility index (Phi) is 3.56. The Morgan fingerprint density at radius 2 is 1.87 bits per heavy atom. The molecule has 0 atom stereocenters. The molecule has 0 aromatic heterocycles. The van der Waals surface area contributed by atoms with Gasteiger partial charge in [-0.05, 0) is 24.3 Å². The molecular formula is C10H9NO4. The van der Waals surface area contributed by atoms with Gasteiger partial charge in [-0.3, -0.25) is 9.59 Å². The van der Waals surface area contributed by atoms with Crippen molar-refractivity contribution in [2.75, 3.05) is 5.32 Å². The van der Waals surface area contributed by atoms with Gasteiger partial charge in [-0.2, -0.15) is 0 Å². The van der Waals surface area contributed by atoms with Gasteiger partial charge in [0.1, 0.15) is 5.75 Å². The van der Waals surface area contributed by atoms with Gasteiger partial charge in [0.25, 0.3) is 0 Å². The number of hydrogen-bond acceptors (Lipinski definition) is 4. The number of amides is 1. The van der Waals surface area contributed by atoms with Gasteiger partial charge < -0.3 is 10.1 Å². The highest BCUT2D eigenvalue weighted by Crippen LogP contribution is 2.15. The van der Waals surface area contributed by atoms with E-state index >= 15 is 0 Å². The minimum atomic E-state index is -0.956. The van der Waals surface area contributed by atoms with Gasteiger partial charge in [0.05, 0.1) is 0 Å². The Labute approximate surface area is 86.0 Å². The number of aldehydes is 1. The molecule has 1 aromatic rings. The summed E-state index contributed by atoms with van der Waals surface area (Å²) in [6, 6.07) is 6.09. The summed E-state index contributed by atoms with van der Waals surface area (Å²) in [5, 5.41) is 2.55. The SMILES string of the molecule is CC(=O)Nc1ccc(OC(=O)C=O)cc1. The fourth-order valence-electron chi connectivity index (χ4n) is 0.950. The number of anilines is 1. The molecule has 5 nitrogen and oxygen atoms in total. The summed E-state index contributed by atoms with van der Waals surface area (Å²) in [4.78, 5) is 31.3. The number of esters is 1. The fraction of sp³-hybridized carbons (Fsp3) is 0.100. The molecule has 0 saturated carbocycles. The lowest BCUT2D eigenvalue weighted by Crippen LogP contribution is -2.09. The van der Waals surface area contributed by atoms with Crippen LogP contribution in [-0.2, 0) is 14.4 Å². The first-order valence-corrected chi connectivity index (χ1v) is 4.16. The van der Waals surface area contributed by atoms with E-state index in [1.165, 1.54) is 19.1 Å². The van der Waals surface area contributed by atoms with Crippen molar-refractivity contribution in [1.82, 2.24) is 0 Å². The van der Waals surface area contributed by atoms with Crippen LogP contribution in [-0.4, -0.2) is 18.2 Å². The Hall–Kier alpha value is -2.17. The Morgan fingerprint density at radius 3 is 2.33 bits per heavy atom. The second-order valence-corrected chi connectivity index (χ2v) is 2.74. The van der Waals surface area contributed by atoms with E-state index in [9.17, 15) is 14.4 Å². The number of benzene rings is 1. The maximum Gasteiger partial charge on any atom is 0.376 e. The van der Waals surface area contributed by atoms with Gasteiger partial charge in [-0.25, -0.2) is 4.79 Å². The number of carbonyl (C=O) groups excluding carboxylic acids is 3. The van der Waals surface area contributed by atoms with Crippen molar-refractivity contribution in [2.45, 2.75) is 6.92 Å². The molecular weight excluding hydrogens is 198 g/mol. The van der Waals surface area contributed by atoms with E-state index in [1.54, 1.807) is 12.1 Å². The van der Waals surface area contributed by atoms with Crippen molar-refractivity contribution in [3.63, 3.8) is 0 Å². The summed E-state index contributed by atoms with van der Waals surface area (Å²) in [5.41, 5.74) is 0.591. The Balaban J connectivity index is 2.67. The van der Waals surface area contributed by atoms with E-state index in [0.717, 1.165) is 0 Å². The van der Waals surface area contributed by atoms with Gasteiger partial charge in [-0.1, -0.05) is 0 Å². The molecule has 0 unspecified atom stereocenters. The highest BCUT2D eigenvalue weighted by atomic mass is 16.5. The topological polar surface area (TPSA) is 72.5 Å². The zero-order valence-corrected chi connectivity index (χ0v) is 8.02. The van der Waals surface area contributed by atoms with Crippen LogP contribution in [0.4, 0.5) is 5.69 Å². The average Bonchev–Trinajstić information content (AvgIpc) is 2.20. The summed E-state index contributed by atoms with van der Waals surface area (Å²) < 4.78 is 4.60. The van der Waals surface area contributed by atoms with Crippen LogP contribution in [0, 0.1) is 0 Å². The Bertz CT molecular complexity index is 383. The second kappa shape index (κ2) is 4.90. The predicted molar refractivity (Wildman–Crippen MR) is 52.4 cm³/mol. The summed E-state index contributed by atoms with van der Waals surface area (Å²) in [5.74, 6) is -0.892. The molecule has 0 saturated heterocycles. The third-order valence-corrected chi connectivity index (χ3v) is 1.49. The number of rotatable bonds is 3. The maximum absolute atomic E-state index is 10.7. The first-order valence-electron chi connectivity index (χ1n) is 4.16. The fourth-order valence-corrected chi connectivity index (χ4v) is 0.950. The molecule has 15 heavy (non-hydrogen) atoms. The molecule has 5 heteroatoms. The van der Waals surface area contributed by atoms with E-state index in [1.807, 2.05) is 0 Å². The highest BCUT2D eigenvalue weighted by Gasteiger charge is 2.02. The van der Waals surface area contributed by atoms with Crippen molar-refractivity contribution in [2.24, 2.45) is 0 Å². The van der Waals surface area contributed by atoms with Gasteiger partial charge in [0.15, 0.2) is 0 Å². The lowest BCUT2D eigenvalue weighted by atomic mass is 10.3. The largest absolute Gasteiger partial charge is 0.421 e. The van der Waals surface area contributed by atoms with Crippen LogP contribution >= 0.6 is 0 Å². The molecule has 0 aliphatic heterocycles. The summed E-state index contributed by atoms with van der Waals surface area (Å²) >= 11 is 0. The molecule has 0 heterocycles. The van der Waals surface area contributed by atoms with E-state index in [2.05, 4.69) is 10.1 Å². The summed E-state index contributed by atoms with van der Waals surface area (Å²) in [6.45, 7) is 1.39. The van der Waals surface area contributed by atoms with Crippen LogP contribution in [0.3, 0.4) is 0 Å². The van der Waals surface area contributed by atoms with Crippen LogP contribution in [0.2, 0.25) is 0 Å². The highest BCUT2D eigenvalue weighted by molar-refractivity contribution is 6.21. The summed E-state index contributed by atoms with van der Waals surface area (Å²) in [7, 11) is 0. The molecule has 1 aromatic carbocycles.